The van der Waals surface area contributed by atoms with Crippen molar-refractivity contribution in [2.45, 2.75) is 54.7 Å². The van der Waals surface area contributed by atoms with Crippen LogP contribution in [0.5, 0.6) is 0 Å². The Morgan fingerprint density at radius 1 is 1.06 bits per heavy atom. The molecule has 0 aliphatic heterocycles. The molecule has 166 valence electrons. The van der Waals surface area contributed by atoms with E-state index in [1.807, 2.05) is 25.1 Å². The first-order chi connectivity index (χ1) is 15.3. The van der Waals surface area contributed by atoms with E-state index in [-0.39, 0.29) is 39.6 Å². The smallest absolute Gasteiger partial charge is 0.234 e. The number of nitrogens with zero attached hydrogens (tertiary/aromatic N) is 2. The lowest BCUT2D eigenvalue weighted by Gasteiger charge is -2.13. The third-order valence-electron chi connectivity index (χ3n) is 5.70. The molecule has 0 unspecified atom stereocenters. The fraction of sp³-hybridized carbons (Fsp3) is 0.333. The van der Waals surface area contributed by atoms with Crippen molar-refractivity contribution in [2.24, 2.45) is 5.92 Å². The summed E-state index contributed by atoms with van der Waals surface area (Å²) in [4.78, 5) is 33.9. The molecule has 1 fully saturated rings. The van der Waals surface area contributed by atoms with Crippen LogP contribution in [-0.4, -0.2) is 30.0 Å². The van der Waals surface area contributed by atoms with Gasteiger partial charge >= 0.3 is 0 Å². The molecule has 0 radical (unpaired) electrons. The number of Topliss-reactive ketones (excluding diaryl/α,β-unsaturated/α-hetero) is 2. The Hall–Kier alpha value is -2.71. The normalized spacial score (nSPS) is 14.5. The highest BCUT2D eigenvalue weighted by atomic mass is 32.2. The first-order valence-corrected chi connectivity index (χ1v) is 12.9. The Morgan fingerprint density at radius 2 is 1.84 bits per heavy atom. The van der Waals surface area contributed by atoms with Crippen LogP contribution >= 0.6 is 11.3 Å². The summed E-state index contributed by atoms with van der Waals surface area (Å²) in [7, 11) is -3.76. The third kappa shape index (κ3) is 4.86. The van der Waals surface area contributed by atoms with Crippen LogP contribution in [0.4, 0.5) is 0 Å². The fourth-order valence-corrected chi connectivity index (χ4v) is 6.55. The Kier molecular flexibility index (Phi) is 6.62. The van der Waals surface area contributed by atoms with E-state index in [4.69, 9.17) is 0 Å². The summed E-state index contributed by atoms with van der Waals surface area (Å²) < 4.78 is 25.4. The monoisotopic (exact) mass is 468 g/mol. The molecule has 8 heteroatoms. The molecule has 32 heavy (non-hydrogen) atoms. The van der Waals surface area contributed by atoms with Crippen molar-refractivity contribution >= 4 is 32.7 Å². The molecule has 1 saturated carbocycles. The second-order valence-corrected chi connectivity index (χ2v) is 11.4. The highest BCUT2D eigenvalue weighted by molar-refractivity contribution is 7.93. The molecule has 1 aliphatic carbocycles. The van der Waals surface area contributed by atoms with E-state index in [9.17, 15) is 18.0 Å². The number of benzene rings is 1. The largest absolute Gasteiger partial charge is 0.299 e. The number of carbonyl (C=O) groups excluding carboxylic acids is 2. The van der Waals surface area contributed by atoms with Crippen molar-refractivity contribution in [1.82, 2.24) is 9.97 Å². The van der Waals surface area contributed by atoms with Crippen molar-refractivity contribution in [3.05, 3.63) is 70.5 Å². The molecular weight excluding hydrogens is 444 g/mol. The number of aromatic nitrogens is 2. The van der Waals surface area contributed by atoms with Crippen LogP contribution in [-0.2, 0) is 27.5 Å². The van der Waals surface area contributed by atoms with Crippen molar-refractivity contribution in [2.75, 3.05) is 0 Å². The van der Waals surface area contributed by atoms with E-state index in [2.05, 4.69) is 9.97 Å². The first-order valence-electron chi connectivity index (χ1n) is 10.6. The first kappa shape index (κ1) is 22.5. The van der Waals surface area contributed by atoms with Crippen LogP contribution in [0, 0.1) is 12.8 Å². The average Bonchev–Trinajstić information content (AvgIpc) is 3.48. The van der Waals surface area contributed by atoms with Gasteiger partial charge in [0.2, 0.25) is 9.84 Å². The van der Waals surface area contributed by atoms with Gasteiger partial charge in [0, 0.05) is 24.1 Å². The average molecular weight is 469 g/mol. The van der Waals surface area contributed by atoms with E-state index >= 15 is 0 Å². The number of aryl methyl sites for hydroxylation is 1. The third-order valence-corrected chi connectivity index (χ3v) is 8.83. The minimum atomic E-state index is -3.76. The van der Waals surface area contributed by atoms with Gasteiger partial charge in [0.1, 0.15) is 15.0 Å². The lowest BCUT2D eigenvalue weighted by atomic mass is 9.90. The summed E-state index contributed by atoms with van der Waals surface area (Å²) in [5.41, 5.74) is 2.37. The number of thiazole rings is 1. The molecule has 0 spiro atoms. The summed E-state index contributed by atoms with van der Waals surface area (Å²) >= 11 is 0.980. The molecule has 2 aromatic heterocycles. The molecular formula is C24H24N2O4S2. The van der Waals surface area contributed by atoms with Crippen LogP contribution in [0.3, 0.4) is 0 Å². The van der Waals surface area contributed by atoms with E-state index in [0.717, 1.165) is 48.1 Å². The molecule has 4 rings (SSSR count). The second kappa shape index (κ2) is 9.42. The molecule has 0 bridgehead atoms. The van der Waals surface area contributed by atoms with Gasteiger partial charge in [-0.15, -0.1) is 11.3 Å². The van der Waals surface area contributed by atoms with E-state index < -0.39 is 9.84 Å². The number of sulfone groups is 1. The lowest BCUT2D eigenvalue weighted by molar-refractivity contribution is -0.117. The number of ketones is 2. The Bertz CT molecular complexity index is 1240. The zero-order chi connectivity index (χ0) is 22.7. The Morgan fingerprint density at radius 3 is 2.56 bits per heavy atom. The molecule has 2 heterocycles. The Balaban J connectivity index is 1.49. The number of hydrogen-bond donors (Lipinski definition) is 0. The van der Waals surface area contributed by atoms with Crippen LogP contribution in [0.15, 0.2) is 58.0 Å². The van der Waals surface area contributed by atoms with Crippen LogP contribution < -0.4 is 0 Å². The maximum absolute atomic E-state index is 13.0. The molecule has 0 atom stereocenters. The van der Waals surface area contributed by atoms with Gasteiger partial charge in [0.05, 0.1) is 12.6 Å². The summed E-state index contributed by atoms with van der Waals surface area (Å²) in [5, 5.41) is 0.386. The van der Waals surface area contributed by atoms with Crippen LogP contribution in [0.1, 0.15) is 52.2 Å². The van der Waals surface area contributed by atoms with Crippen LogP contribution in [0.25, 0.3) is 0 Å². The topological polar surface area (TPSA) is 94.1 Å². The van der Waals surface area contributed by atoms with Gasteiger partial charge in [-0.05, 0) is 43.5 Å². The summed E-state index contributed by atoms with van der Waals surface area (Å²) in [6.45, 7) is 1.94. The summed E-state index contributed by atoms with van der Waals surface area (Å²) in [6, 6.07) is 10.3. The molecule has 0 N–H and O–H groups in total. The molecule has 3 aromatic rings. The van der Waals surface area contributed by atoms with E-state index in [1.54, 1.807) is 12.1 Å². The Labute approximate surface area is 191 Å². The SMILES string of the molecule is Cc1ccc(CC(=O)Cc2ncc(S(=O)(=O)c3ccccn3)s2)c(C(=O)C2CCCC2)c1. The fourth-order valence-electron chi connectivity index (χ4n) is 4.03. The maximum atomic E-state index is 13.0. The predicted octanol–water partition coefficient (Wildman–Crippen LogP) is 4.41. The summed E-state index contributed by atoms with van der Waals surface area (Å²) in [5.74, 6) is 0.0708. The highest BCUT2D eigenvalue weighted by Gasteiger charge is 2.27. The van der Waals surface area contributed by atoms with Gasteiger partial charge in [-0.3, -0.25) is 9.59 Å². The predicted molar refractivity (Wildman–Crippen MR) is 122 cm³/mol. The van der Waals surface area contributed by atoms with Gasteiger partial charge in [0.25, 0.3) is 0 Å². The van der Waals surface area contributed by atoms with Crippen molar-refractivity contribution in [1.29, 1.82) is 0 Å². The van der Waals surface area contributed by atoms with Crippen molar-refractivity contribution < 1.29 is 18.0 Å². The standard InChI is InChI=1S/C24H24N2O4S2/c1-16-9-10-18(20(12-16)24(28)17-6-2-3-7-17)13-19(27)14-21-26-15-23(31-21)32(29,30)22-8-4-5-11-25-22/h4-5,8-12,15,17H,2-3,6-7,13-14H2,1H3. The summed E-state index contributed by atoms with van der Waals surface area (Å²) in [6.07, 6.45) is 6.81. The van der Waals surface area contributed by atoms with Gasteiger partial charge in [-0.25, -0.2) is 18.4 Å². The highest BCUT2D eigenvalue weighted by Crippen LogP contribution is 2.30. The van der Waals surface area contributed by atoms with Crippen LogP contribution in [0.2, 0.25) is 0 Å². The van der Waals surface area contributed by atoms with Crippen molar-refractivity contribution in [3.8, 4) is 0 Å². The molecule has 6 nitrogen and oxygen atoms in total. The zero-order valence-electron chi connectivity index (χ0n) is 17.8. The minimum Gasteiger partial charge on any atom is -0.299 e. The number of hydrogen-bond acceptors (Lipinski definition) is 7. The molecule has 1 aromatic carbocycles. The van der Waals surface area contributed by atoms with Gasteiger partial charge in [0.15, 0.2) is 10.8 Å². The van der Waals surface area contributed by atoms with Gasteiger partial charge in [-0.2, -0.15) is 0 Å². The van der Waals surface area contributed by atoms with E-state index in [0.29, 0.717) is 10.6 Å². The number of carbonyl (C=O) groups is 2. The minimum absolute atomic E-state index is 0.0212. The lowest BCUT2D eigenvalue weighted by Crippen LogP contribution is -2.16. The molecule has 0 saturated heterocycles. The van der Waals surface area contributed by atoms with Gasteiger partial charge in [-0.1, -0.05) is 36.6 Å². The van der Waals surface area contributed by atoms with E-state index in [1.165, 1.54) is 18.5 Å². The second-order valence-electron chi connectivity index (χ2n) is 8.14. The number of rotatable bonds is 8. The quantitative estimate of drug-likeness (QED) is 0.455. The maximum Gasteiger partial charge on any atom is 0.234 e. The van der Waals surface area contributed by atoms with Crippen molar-refractivity contribution in [3.63, 3.8) is 0 Å². The van der Waals surface area contributed by atoms with Gasteiger partial charge < -0.3 is 0 Å². The number of pyridine rings is 1. The molecule has 1 aliphatic rings. The molecule has 0 amide bonds. The zero-order valence-corrected chi connectivity index (χ0v) is 19.4.